The van der Waals surface area contributed by atoms with Crippen LogP contribution in [0.3, 0.4) is 0 Å². The van der Waals surface area contributed by atoms with Gasteiger partial charge in [-0.25, -0.2) is 0 Å². The van der Waals surface area contributed by atoms with E-state index in [1.165, 1.54) is 44.4 Å². The van der Waals surface area contributed by atoms with Gasteiger partial charge in [0, 0.05) is 25.5 Å². The average Bonchev–Trinajstić information content (AvgIpc) is 3.72. The van der Waals surface area contributed by atoms with Crippen LogP contribution >= 0.6 is 43.2 Å². The number of fused-ring (bicyclic) bond motifs is 11. The number of aliphatic hydroxyl groups excluding tert-OH is 3. The molecule has 17 heteroatoms. The molecular formula is C31H30N6O7S4. The van der Waals surface area contributed by atoms with E-state index in [0.29, 0.717) is 22.5 Å². The van der Waals surface area contributed by atoms with Crippen LogP contribution in [-0.4, -0.2) is 123 Å². The highest BCUT2D eigenvalue weighted by atomic mass is 33.1. The lowest BCUT2D eigenvalue weighted by molar-refractivity contribution is -0.172. The molecule has 8 saturated heterocycles. The van der Waals surface area contributed by atoms with Gasteiger partial charge in [0.1, 0.15) is 24.5 Å². The van der Waals surface area contributed by atoms with Crippen molar-refractivity contribution in [3.63, 3.8) is 0 Å². The number of anilines is 2. The number of aliphatic hydroxyl groups is 3. The maximum Gasteiger partial charge on any atom is 0.266 e. The third-order valence-corrected chi connectivity index (χ3v) is 19.8. The second kappa shape index (κ2) is 8.55. The van der Waals surface area contributed by atoms with E-state index in [1.54, 1.807) is 26.1 Å². The van der Waals surface area contributed by atoms with Crippen LogP contribution in [-0.2, 0) is 30.0 Å². The lowest BCUT2D eigenvalue weighted by Crippen LogP contribution is -2.80. The SMILES string of the molecule is CC(O)[C@@]12SS[C@]3(C(=O)N1C)[C@@H](O)[C@]1([C@@]45c6ccccc6N[C@@H]4N4C(=O)[C@]6(C)SS[C@]4(C(=O)N6C)[C@H]5O)c4ccccc4N[C@@H]1N3C2=O. The molecule has 0 radical (unpaired) electrons. The Hall–Kier alpha value is -2.80. The van der Waals surface area contributed by atoms with E-state index in [2.05, 4.69) is 10.6 Å². The Kier molecular flexibility index (Phi) is 5.36. The van der Waals surface area contributed by atoms with Gasteiger partial charge < -0.3 is 35.8 Å². The molecule has 11 atom stereocenters. The number of hydrogen-bond donors (Lipinski definition) is 5. The number of benzene rings is 2. The highest BCUT2D eigenvalue weighted by Crippen LogP contribution is 2.78. The Balaban J connectivity index is 1.34. The van der Waals surface area contributed by atoms with E-state index >= 15 is 0 Å². The summed E-state index contributed by atoms with van der Waals surface area (Å²) in [5.41, 5.74) is -1.15. The monoisotopic (exact) mass is 726 g/mol. The van der Waals surface area contributed by atoms with Crippen LogP contribution in [0.1, 0.15) is 25.0 Å². The largest absolute Gasteiger partial charge is 0.389 e. The average molecular weight is 727 g/mol. The van der Waals surface area contributed by atoms with Crippen molar-refractivity contribution in [3.8, 4) is 0 Å². The highest BCUT2D eigenvalue weighted by Gasteiger charge is 2.93. The minimum Gasteiger partial charge on any atom is -0.389 e. The molecule has 48 heavy (non-hydrogen) atoms. The quantitative estimate of drug-likeness (QED) is 0.275. The number of hydrogen-bond acceptors (Lipinski definition) is 13. The minimum absolute atomic E-state index is 0.374. The summed E-state index contributed by atoms with van der Waals surface area (Å²) in [5, 5.41) is 44.8. The van der Waals surface area contributed by atoms with Gasteiger partial charge in [0.05, 0.1) is 16.9 Å². The van der Waals surface area contributed by atoms with Crippen molar-refractivity contribution in [3.05, 3.63) is 59.7 Å². The number of nitrogens with one attached hydrogen (secondary N) is 2. The van der Waals surface area contributed by atoms with Crippen molar-refractivity contribution in [1.29, 1.82) is 0 Å². The molecule has 4 bridgehead atoms. The molecule has 13 nitrogen and oxygen atoms in total. The second-order valence-corrected chi connectivity index (χ2v) is 19.2. The number of carbonyl (C=O) groups excluding carboxylic acids is 4. The number of carbonyl (C=O) groups is 4. The first-order chi connectivity index (χ1) is 22.8. The molecule has 8 fully saturated rings. The molecule has 0 saturated carbocycles. The van der Waals surface area contributed by atoms with Gasteiger partial charge in [-0.05, 0) is 69.5 Å². The van der Waals surface area contributed by atoms with Crippen molar-refractivity contribution >= 4 is 78.2 Å². The third-order valence-electron chi connectivity index (χ3n) is 12.4. The maximum absolute atomic E-state index is 14.9. The molecule has 10 aliphatic rings. The van der Waals surface area contributed by atoms with Gasteiger partial charge in [0.15, 0.2) is 4.87 Å². The van der Waals surface area contributed by atoms with Gasteiger partial charge >= 0.3 is 0 Å². The lowest BCUT2D eigenvalue weighted by Gasteiger charge is -2.59. The number of likely N-dealkylation sites (N-methyl/N-ethyl adjacent to an activating group) is 2. The molecule has 250 valence electrons. The summed E-state index contributed by atoms with van der Waals surface area (Å²) in [7, 11) is 7.46. The molecule has 10 heterocycles. The lowest BCUT2D eigenvalue weighted by atomic mass is 9.52. The highest BCUT2D eigenvalue weighted by molar-refractivity contribution is 8.78. The Morgan fingerprint density at radius 3 is 1.67 bits per heavy atom. The van der Waals surface area contributed by atoms with Crippen LogP contribution in [0.15, 0.2) is 48.5 Å². The van der Waals surface area contributed by atoms with Crippen LogP contribution in [0.4, 0.5) is 11.4 Å². The molecule has 4 amide bonds. The van der Waals surface area contributed by atoms with Crippen molar-refractivity contribution in [2.24, 2.45) is 0 Å². The van der Waals surface area contributed by atoms with E-state index in [9.17, 15) is 34.5 Å². The van der Waals surface area contributed by atoms with Gasteiger partial charge in [-0.15, -0.1) is 0 Å². The van der Waals surface area contributed by atoms with Crippen molar-refractivity contribution in [1.82, 2.24) is 19.6 Å². The van der Waals surface area contributed by atoms with E-state index in [4.69, 9.17) is 0 Å². The normalized spacial score (nSPS) is 46.2. The summed E-state index contributed by atoms with van der Waals surface area (Å²) in [6.07, 6.45) is -6.80. The Labute approximate surface area is 290 Å². The fourth-order valence-electron chi connectivity index (χ4n) is 10.2. The summed E-state index contributed by atoms with van der Waals surface area (Å²) in [6.45, 7) is 3.16. The summed E-state index contributed by atoms with van der Waals surface area (Å²) >= 11 is 0. The molecule has 0 aliphatic carbocycles. The zero-order valence-electron chi connectivity index (χ0n) is 25.9. The zero-order valence-corrected chi connectivity index (χ0v) is 29.2. The Morgan fingerprint density at radius 2 is 1.15 bits per heavy atom. The van der Waals surface area contributed by atoms with Crippen molar-refractivity contribution in [2.45, 2.75) is 74.8 Å². The van der Waals surface area contributed by atoms with Crippen LogP contribution in [0.25, 0.3) is 0 Å². The predicted molar refractivity (Wildman–Crippen MR) is 181 cm³/mol. The first-order valence-electron chi connectivity index (χ1n) is 15.5. The van der Waals surface area contributed by atoms with Gasteiger partial charge in [-0.2, -0.15) is 0 Å². The van der Waals surface area contributed by atoms with E-state index in [0.717, 1.165) is 32.4 Å². The van der Waals surface area contributed by atoms with E-state index < -0.39 is 78.7 Å². The molecule has 1 unspecified atom stereocenters. The topological polar surface area (TPSA) is 166 Å². The number of amides is 4. The van der Waals surface area contributed by atoms with Gasteiger partial charge in [0.25, 0.3) is 23.6 Å². The summed E-state index contributed by atoms with van der Waals surface area (Å²) < 4.78 is 0. The van der Waals surface area contributed by atoms with Crippen LogP contribution in [0.5, 0.6) is 0 Å². The third kappa shape index (κ3) is 2.48. The maximum atomic E-state index is 14.9. The molecule has 2 spiro atoms. The Morgan fingerprint density at radius 1 is 0.688 bits per heavy atom. The fraction of sp³-hybridized carbons (Fsp3) is 0.484. The standard InChI is InChI=1S/C31H30N6O7S4/c1-13(38)29-25(44)37-21-28(15-10-6-8-12-17(15)33-21,19(40)31(37,48-46-29)24(43)35(29)4)27-14-9-5-7-11-16(14)32-20(27)36-22(41)26(2)34(3)23(42)30(36,18(27)39)47-45-26/h5-13,18-21,32-33,38-40H,1-4H3/t13?,18-,19-,20+,21+,26-,27+,28+,29-,30-,31-/m0/s1. The van der Waals surface area contributed by atoms with Crippen molar-refractivity contribution < 1.29 is 34.5 Å². The number of nitrogens with zero attached hydrogens (tertiary/aromatic N) is 4. The number of para-hydroxylation sites is 2. The summed E-state index contributed by atoms with van der Waals surface area (Å²) in [5.74, 6) is -1.94. The molecule has 2 aromatic carbocycles. The minimum atomic E-state index is -1.88. The van der Waals surface area contributed by atoms with Crippen molar-refractivity contribution in [2.75, 3.05) is 24.7 Å². The van der Waals surface area contributed by atoms with Crippen LogP contribution < -0.4 is 10.6 Å². The molecular weight excluding hydrogens is 697 g/mol. The van der Waals surface area contributed by atoms with E-state index in [1.807, 2.05) is 36.4 Å². The summed E-state index contributed by atoms with van der Waals surface area (Å²) in [6, 6.07) is 14.5. The molecule has 2 aromatic rings. The first-order valence-corrected chi connectivity index (χ1v) is 19.8. The molecule has 0 aromatic heterocycles. The number of rotatable bonds is 2. The van der Waals surface area contributed by atoms with Gasteiger partial charge in [0.2, 0.25) is 14.6 Å². The second-order valence-electron chi connectivity index (χ2n) is 13.9. The molecule has 10 aliphatic heterocycles. The van der Waals surface area contributed by atoms with Crippen LogP contribution in [0, 0.1) is 0 Å². The zero-order chi connectivity index (χ0) is 33.7. The predicted octanol–water partition coefficient (Wildman–Crippen LogP) is 0.692. The smallest absolute Gasteiger partial charge is 0.266 e. The molecule has 12 rings (SSSR count). The fourth-order valence-corrected chi connectivity index (χ4v) is 17.7. The van der Waals surface area contributed by atoms with Crippen LogP contribution in [0.2, 0.25) is 0 Å². The summed E-state index contributed by atoms with van der Waals surface area (Å²) in [4.78, 5) is 57.8. The van der Waals surface area contributed by atoms with Gasteiger partial charge in [-0.3, -0.25) is 29.0 Å². The number of piperazine rings is 2. The Bertz CT molecular complexity index is 1950. The molecule has 5 N–H and O–H groups in total. The first kappa shape index (κ1) is 30.1. The van der Waals surface area contributed by atoms with Gasteiger partial charge in [-0.1, -0.05) is 47.2 Å². The van der Waals surface area contributed by atoms with E-state index in [-0.39, 0.29) is 5.91 Å².